The minimum absolute atomic E-state index is 0. The van der Waals surface area contributed by atoms with Crippen LogP contribution in [0.4, 0.5) is 5.82 Å². The number of nitrogens with one attached hydrogen (secondary N) is 1. The molecule has 2 heterocycles. The van der Waals surface area contributed by atoms with Gasteiger partial charge in [-0.25, -0.2) is 9.97 Å². The number of fused-ring (bicyclic) bond motifs is 1. The fraction of sp³-hybridized carbons (Fsp3) is 0.333. The number of halogens is 2. The van der Waals surface area contributed by atoms with Crippen LogP contribution in [0, 0.1) is 0 Å². The molecule has 3 nitrogen and oxygen atoms in total. The van der Waals surface area contributed by atoms with Crippen molar-refractivity contribution in [2.45, 2.75) is 6.42 Å². The molecule has 1 aliphatic rings. The van der Waals surface area contributed by atoms with Crippen LogP contribution in [0.5, 0.6) is 0 Å². The first-order chi connectivity index (χ1) is 4.47. The number of hydrogen-bond acceptors (Lipinski definition) is 3. The smallest absolute Gasteiger partial charge is 0.132 e. The quantitative estimate of drug-likeness (QED) is 0.676. The van der Waals surface area contributed by atoms with Crippen molar-refractivity contribution in [1.82, 2.24) is 9.97 Å². The summed E-state index contributed by atoms with van der Waals surface area (Å²) in [5.41, 5.74) is 1.23. The Labute approximate surface area is 77.5 Å². The second kappa shape index (κ2) is 4.36. The standard InChI is InChI=1S/C6H7N3.2ClH/c1-2-8-6-5(1)3-7-4-9-6;;/h3-4H,1-2H2,(H,7,8,9);2*1H. The molecule has 0 amide bonds. The summed E-state index contributed by atoms with van der Waals surface area (Å²) in [6, 6.07) is 0. The summed E-state index contributed by atoms with van der Waals surface area (Å²) in [6.07, 6.45) is 4.50. The van der Waals surface area contributed by atoms with Crippen LogP contribution in [0.15, 0.2) is 12.5 Å². The fourth-order valence-corrected chi connectivity index (χ4v) is 1.02. The summed E-state index contributed by atoms with van der Waals surface area (Å²) in [7, 11) is 0. The summed E-state index contributed by atoms with van der Waals surface area (Å²) in [6.45, 7) is 1.01. The Hall–Kier alpha value is -0.540. The Morgan fingerprint density at radius 1 is 1.36 bits per heavy atom. The van der Waals surface area contributed by atoms with Crippen LogP contribution in [0.2, 0.25) is 0 Å². The fourth-order valence-electron chi connectivity index (χ4n) is 1.02. The molecule has 62 valence electrons. The molecule has 0 aliphatic carbocycles. The third-order valence-electron chi connectivity index (χ3n) is 1.47. The molecule has 11 heavy (non-hydrogen) atoms. The first-order valence-corrected chi connectivity index (χ1v) is 2.99. The van der Waals surface area contributed by atoms with E-state index in [1.54, 1.807) is 6.33 Å². The van der Waals surface area contributed by atoms with Crippen LogP contribution in [-0.4, -0.2) is 16.5 Å². The average molecular weight is 194 g/mol. The summed E-state index contributed by atoms with van der Waals surface area (Å²) >= 11 is 0. The van der Waals surface area contributed by atoms with Gasteiger partial charge in [0, 0.05) is 18.3 Å². The van der Waals surface area contributed by atoms with Gasteiger partial charge in [-0.1, -0.05) is 0 Å². The first kappa shape index (κ1) is 10.5. The summed E-state index contributed by atoms with van der Waals surface area (Å²) in [5.74, 6) is 1.00. The highest BCUT2D eigenvalue weighted by atomic mass is 35.5. The lowest BCUT2D eigenvalue weighted by molar-refractivity contribution is 1.09. The molecule has 0 bridgehead atoms. The van der Waals surface area contributed by atoms with Gasteiger partial charge in [-0.15, -0.1) is 24.8 Å². The van der Waals surface area contributed by atoms with Gasteiger partial charge in [0.15, 0.2) is 0 Å². The molecule has 5 heteroatoms. The van der Waals surface area contributed by atoms with E-state index in [0.29, 0.717) is 0 Å². The highest BCUT2D eigenvalue weighted by Gasteiger charge is 2.08. The van der Waals surface area contributed by atoms with Crippen LogP contribution in [-0.2, 0) is 6.42 Å². The number of aromatic nitrogens is 2. The van der Waals surface area contributed by atoms with Crippen LogP contribution in [0.3, 0.4) is 0 Å². The van der Waals surface area contributed by atoms with E-state index in [1.807, 2.05) is 6.20 Å². The van der Waals surface area contributed by atoms with Gasteiger partial charge in [0.2, 0.25) is 0 Å². The molecule has 0 radical (unpaired) electrons. The zero-order valence-electron chi connectivity index (χ0n) is 5.78. The van der Waals surface area contributed by atoms with E-state index in [4.69, 9.17) is 0 Å². The lowest BCUT2D eigenvalue weighted by atomic mass is 10.3. The number of rotatable bonds is 0. The maximum Gasteiger partial charge on any atom is 0.132 e. The Kier molecular flexibility index (Phi) is 4.15. The molecule has 2 rings (SSSR count). The molecule has 0 aromatic carbocycles. The van der Waals surface area contributed by atoms with Crippen LogP contribution >= 0.6 is 24.8 Å². The van der Waals surface area contributed by atoms with Gasteiger partial charge in [0.05, 0.1) is 0 Å². The van der Waals surface area contributed by atoms with E-state index in [-0.39, 0.29) is 24.8 Å². The van der Waals surface area contributed by atoms with Crippen molar-refractivity contribution < 1.29 is 0 Å². The lowest BCUT2D eigenvalue weighted by Gasteiger charge is -1.92. The SMILES string of the molecule is Cl.Cl.c1ncc2c(n1)NCC2. The van der Waals surface area contributed by atoms with Gasteiger partial charge in [0.25, 0.3) is 0 Å². The number of anilines is 1. The van der Waals surface area contributed by atoms with E-state index in [9.17, 15) is 0 Å². The lowest BCUT2D eigenvalue weighted by Crippen LogP contribution is -1.92. The van der Waals surface area contributed by atoms with Crippen molar-refractivity contribution in [3.05, 3.63) is 18.1 Å². The minimum Gasteiger partial charge on any atom is -0.369 e. The van der Waals surface area contributed by atoms with Gasteiger partial charge in [0.1, 0.15) is 12.1 Å². The Morgan fingerprint density at radius 2 is 2.18 bits per heavy atom. The number of hydrogen-bond donors (Lipinski definition) is 1. The van der Waals surface area contributed by atoms with Crippen molar-refractivity contribution in [1.29, 1.82) is 0 Å². The predicted molar refractivity (Wildman–Crippen MR) is 48.7 cm³/mol. The summed E-state index contributed by atoms with van der Waals surface area (Å²) < 4.78 is 0. The monoisotopic (exact) mass is 193 g/mol. The molecule has 0 fully saturated rings. The third-order valence-corrected chi connectivity index (χ3v) is 1.47. The zero-order valence-corrected chi connectivity index (χ0v) is 7.41. The molecule has 1 aromatic heterocycles. The van der Waals surface area contributed by atoms with Crippen molar-refractivity contribution in [3.8, 4) is 0 Å². The second-order valence-corrected chi connectivity index (χ2v) is 2.07. The third kappa shape index (κ3) is 1.94. The molecule has 1 aliphatic heterocycles. The van der Waals surface area contributed by atoms with E-state index in [0.717, 1.165) is 18.8 Å². The van der Waals surface area contributed by atoms with E-state index in [2.05, 4.69) is 15.3 Å². The highest BCUT2D eigenvalue weighted by molar-refractivity contribution is 5.85. The van der Waals surface area contributed by atoms with Crippen molar-refractivity contribution in [2.24, 2.45) is 0 Å². The molecule has 0 spiro atoms. The molecule has 1 N–H and O–H groups in total. The topological polar surface area (TPSA) is 37.8 Å². The van der Waals surface area contributed by atoms with Gasteiger partial charge in [-0.05, 0) is 6.42 Å². The summed E-state index contributed by atoms with van der Waals surface area (Å²) in [5, 5.41) is 3.15. The second-order valence-electron chi connectivity index (χ2n) is 2.07. The van der Waals surface area contributed by atoms with Crippen molar-refractivity contribution >= 4 is 30.6 Å². The maximum absolute atomic E-state index is 4.04. The van der Waals surface area contributed by atoms with E-state index < -0.39 is 0 Å². The molecule has 0 saturated heterocycles. The highest BCUT2D eigenvalue weighted by Crippen LogP contribution is 2.15. The van der Waals surface area contributed by atoms with Crippen LogP contribution in [0.25, 0.3) is 0 Å². The van der Waals surface area contributed by atoms with Crippen LogP contribution in [0.1, 0.15) is 5.56 Å². The van der Waals surface area contributed by atoms with Gasteiger partial charge in [-0.2, -0.15) is 0 Å². The Balaban J connectivity index is 0.000000500. The zero-order chi connectivity index (χ0) is 6.10. The Morgan fingerprint density at radius 3 is 2.91 bits per heavy atom. The predicted octanol–water partition coefficient (Wildman–Crippen LogP) is 1.29. The van der Waals surface area contributed by atoms with E-state index >= 15 is 0 Å². The van der Waals surface area contributed by atoms with Crippen molar-refractivity contribution in [3.63, 3.8) is 0 Å². The molecule has 0 unspecified atom stereocenters. The molecular weight excluding hydrogens is 185 g/mol. The van der Waals surface area contributed by atoms with Gasteiger partial charge >= 0.3 is 0 Å². The minimum atomic E-state index is 0. The van der Waals surface area contributed by atoms with E-state index in [1.165, 1.54) is 5.56 Å². The molecule has 0 saturated carbocycles. The molecular formula is C6H9Cl2N3. The first-order valence-electron chi connectivity index (χ1n) is 2.99. The molecule has 1 aromatic rings. The molecule has 0 atom stereocenters. The van der Waals surface area contributed by atoms with Crippen molar-refractivity contribution in [2.75, 3.05) is 11.9 Å². The maximum atomic E-state index is 4.04. The largest absolute Gasteiger partial charge is 0.369 e. The van der Waals surface area contributed by atoms with Gasteiger partial charge in [-0.3, -0.25) is 0 Å². The number of nitrogens with zero attached hydrogens (tertiary/aromatic N) is 2. The normalized spacial score (nSPS) is 12.0. The van der Waals surface area contributed by atoms with Crippen LogP contribution < -0.4 is 5.32 Å². The Bertz CT molecular complexity index is 206. The average Bonchev–Trinajstić information content (AvgIpc) is 2.33. The summed E-state index contributed by atoms with van der Waals surface area (Å²) in [4.78, 5) is 7.94. The van der Waals surface area contributed by atoms with Gasteiger partial charge < -0.3 is 5.32 Å².